The van der Waals surface area contributed by atoms with E-state index in [9.17, 15) is 4.79 Å². The molecule has 2 aliphatic carbocycles. The molecule has 0 atom stereocenters. The van der Waals surface area contributed by atoms with Crippen LogP contribution in [-0.4, -0.2) is 37.7 Å². The number of amides is 1. The van der Waals surface area contributed by atoms with Crippen LogP contribution in [0.1, 0.15) is 64.2 Å². The zero-order valence-corrected chi connectivity index (χ0v) is 12.9. The monoisotopic (exact) mass is 282 g/mol. The number of carbonyl (C=O) groups excluding carboxylic acids is 1. The van der Waals surface area contributed by atoms with E-state index in [1.165, 1.54) is 44.9 Å². The van der Waals surface area contributed by atoms with Gasteiger partial charge in [-0.3, -0.25) is 4.79 Å². The van der Waals surface area contributed by atoms with Crippen molar-refractivity contribution in [2.24, 2.45) is 0 Å². The fraction of sp³-hybridized carbons (Fsp3) is 0.938. The summed E-state index contributed by atoms with van der Waals surface area (Å²) >= 11 is 0. The largest absolute Gasteiger partial charge is 0.378 e. The number of carbonyl (C=O) groups is 1. The minimum Gasteiger partial charge on any atom is -0.378 e. The van der Waals surface area contributed by atoms with Gasteiger partial charge in [0.05, 0.1) is 12.0 Å². The molecular formula is C16H30N2O2. The van der Waals surface area contributed by atoms with Crippen molar-refractivity contribution in [3.8, 4) is 0 Å². The molecule has 0 unspecified atom stereocenters. The Labute approximate surface area is 123 Å². The van der Waals surface area contributed by atoms with E-state index in [1.54, 1.807) is 7.11 Å². The Morgan fingerprint density at radius 3 is 2.35 bits per heavy atom. The van der Waals surface area contributed by atoms with Crippen molar-refractivity contribution in [2.45, 2.75) is 75.9 Å². The lowest BCUT2D eigenvalue weighted by atomic mass is 9.77. The average Bonchev–Trinajstić information content (AvgIpc) is 2.68. The van der Waals surface area contributed by atoms with E-state index in [0.717, 1.165) is 25.9 Å². The lowest BCUT2D eigenvalue weighted by Crippen LogP contribution is -2.45. The summed E-state index contributed by atoms with van der Waals surface area (Å²) in [5, 5.41) is 6.59. The second-order valence-corrected chi connectivity index (χ2v) is 6.41. The predicted octanol–water partition coefficient (Wildman–Crippen LogP) is 2.37. The van der Waals surface area contributed by atoms with Crippen LogP contribution in [0.2, 0.25) is 0 Å². The van der Waals surface area contributed by atoms with Crippen molar-refractivity contribution in [3.05, 3.63) is 0 Å². The Hall–Kier alpha value is -0.610. The lowest BCUT2D eigenvalue weighted by molar-refractivity contribution is -0.134. The molecule has 0 saturated heterocycles. The van der Waals surface area contributed by atoms with Crippen LogP contribution < -0.4 is 10.6 Å². The van der Waals surface area contributed by atoms with E-state index in [1.807, 2.05) is 0 Å². The fourth-order valence-electron chi connectivity index (χ4n) is 3.34. The lowest BCUT2D eigenvalue weighted by Gasteiger charge is -2.39. The summed E-state index contributed by atoms with van der Waals surface area (Å²) < 4.78 is 5.48. The Kier molecular flexibility index (Phi) is 6.30. The standard InChI is InChI=1S/C16H30N2O2/c1-20-16(9-6-10-16)13-15(19)18-12-11-17-14-7-4-2-3-5-8-14/h14,17H,2-13H2,1H3,(H,18,19). The molecule has 4 nitrogen and oxygen atoms in total. The molecule has 2 N–H and O–H groups in total. The molecule has 2 saturated carbocycles. The van der Waals surface area contributed by atoms with Crippen LogP contribution in [0.15, 0.2) is 0 Å². The fourth-order valence-corrected chi connectivity index (χ4v) is 3.34. The van der Waals surface area contributed by atoms with Gasteiger partial charge in [0, 0.05) is 26.2 Å². The maximum atomic E-state index is 11.9. The molecule has 0 aromatic rings. The minimum absolute atomic E-state index is 0.134. The third-order valence-electron chi connectivity index (χ3n) is 4.92. The summed E-state index contributed by atoms with van der Waals surface area (Å²) in [5.74, 6) is 0.134. The van der Waals surface area contributed by atoms with Gasteiger partial charge in [0.1, 0.15) is 0 Å². The van der Waals surface area contributed by atoms with Crippen molar-refractivity contribution in [1.29, 1.82) is 0 Å². The van der Waals surface area contributed by atoms with Gasteiger partial charge in [0.15, 0.2) is 0 Å². The first kappa shape index (κ1) is 15.8. The molecule has 4 heteroatoms. The Morgan fingerprint density at radius 2 is 1.80 bits per heavy atom. The molecule has 0 aromatic heterocycles. The van der Waals surface area contributed by atoms with Crippen LogP contribution in [0.3, 0.4) is 0 Å². The summed E-state index contributed by atoms with van der Waals surface area (Å²) in [5.41, 5.74) is -0.154. The number of rotatable bonds is 7. The molecule has 0 aromatic carbocycles. The number of nitrogens with one attached hydrogen (secondary N) is 2. The molecule has 2 rings (SSSR count). The van der Waals surface area contributed by atoms with Gasteiger partial charge in [0.25, 0.3) is 0 Å². The van der Waals surface area contributed by atoms with Gasteiger partial charge in [-0.1, -0.05) is 25.7 Å². The van der Waals surface area contributed by atoms with E-state index < -0.39 is 0 Å². The van der Waals surface area contributed by atoms with Crippen LogP contribution in [0.25, 0.3) is 0 Å². The number of methoxy groups -OCH3 is 1. The molecule has 20 heavy (non-hydrogen) atoms. The van der Waals surface area contributed by atoms with E-state index in [0.29, 0.717) is 12.5 Å². The van der Waals surface area contributed by atoms with Gasteiger partial charge >= 0.3 is 0 Å². The first-order valence-corrected chi connectivity index (χ1v) is 8.29. The molecule has 0 spiro atoms. The van der Waals surface area contributed by atoms with E-state index >= 15 is 0 Å². The second-order valence-electron chi connectivity index (χ2n) is 6.41. The normalized spacial score (nSPS) is 22.9. The highest BCUT2D eigenvalue weighted by atomic mass is 16.5. The molecule has 0 aliphatic heterocycles. The second kappa shape index (κ2) is 7.99. The molecule has 0 heterocycles. The van der Waals surface area contributed by atoms with Crippen molar-refractivity contribution in [1.82, 2.24) is 10.6 Å². The first-order valence-electron chi connectivity index (χ1n) is 8.29. The van der Waals surface area contributed by atoms with Gasteiger partial charge in [-0.15, -0.1) is 0 Å². The van der Waals surface area contributed by atoms with Gasteiger partial charge in [-0.25, -0.2) is 0 Å². The van der Waals surface area contributed by atoms with Gasteiger partial charge in [0.2, 0.25) is 5.91 Å². The third-order valence-corrected chi connectivity index (χ3v) is 4.92. The van der Waals surface area contributed by atoms with E-state index in [4.69, 9.17) is 4.74 Å². The van der Waals surface area contributed by atoms with E-state index in [2.05, 4.69) is 10.6 Å². The van der Waals surface area contributed by atoms with E-state index in [-0.39, 0.29) is 11.5 Å². The highest BCUT2D eigenvalue weighted by Gasteiger charge is 2.38. The quantitative estimate of drug-likeness (QED) is 0.557. The van der Waals surface area contributed by atoms with Crippen LogP contribution in [-0.2, 0) is 9.53 Å². The Bertz CT molecular complexity index is 289. The summed E-state index contributed by atoms with van der Waals surface area (Å²) in [6.07, 6.45) is 11.8. The van der Waals surface area contributed by atoms with Crippen molar-refractivity contribution < 1.29 is 9.53 Å². The highest BCUT2D eigenvalue weighted by molar-refractivity contribution is 5.77. The number of hydrogen-bond acceptors (Lipinski definition) is 3. The first-order chi connectivity index (χ1) is 9.74. The van der Waals surface area contributed by atoms with Crippen LogP contribution in [0.5, 0.6) is 0 Å². The highest BCUT2D eigenvalue weighted by Crippen LogP contribution is 2.37. The Balaban J connectivity index is 1.55. The van der Waals surface area contributed by atoms with Crippen LogP contribution in [0, 0.1) is 0 Å². The predicted molar refractivity (Wildman–Crippen MR) is 80.7 cm³/mol. The van der Waals surface area contributed by atoms with Crippen LogP contribution >= 0.6 is 0 Å². The topological polar surface area (TPSA) is 50.4 Å². The number of ether oxygens (including phenoxy) is 1. The van der Waals surface area contributed by atoms with Crippen molar-refractivity contribution in [3.63, 3.8) is 0 Å². The van der Waals surface area contributed by atoms with Crippen molar-refractivity contribution >= 4 is 5.91 Å². The summed E-state index contributed by atoms with van der Waals surface area (Å²) in [6.45, 7) is 1.62. The zero-order valence-electron chi connectivity index (χ0n) is 12.9. The molecular weight excluding hydrogens is 252 g/mol. The van der Waals surface area contributed by atoms with Gasteiger partial charge < -0.3 is 15.4 Å². The zero-order chi connectivity index (χ0) is 14.3. The molecule has 2 fully saturated rings. The minimum atomic E-state index is -0.154. The Morgan fingerprint density at radius 1 is 1.10 bits per heavy atom. The molecule has 0 radical (unpaired) electrons. The molecule has 116 valence electrons. The average molecular weight is 282 g/mol. The number of hydrogen-bond donors (Lipinski definition) is 2. The van der Waals surface area contributed by atoms with Crippen molar-refractivity contribution in [2.75, 3.05) is 20.2 Å². The summed E-state index contributed by atoms with van der Waals surface area (Å²) in [7, 11) is 1.72. The SMILES string of the molecule is COC1(CC(=O)NCCNC2CCCCCC2)CCC1. The molecule has 1 amide bonds. The summed E-state index contributed by atoms with van der Waals surface area (Å²) in [4.78, 5) is 11.9. The molecule has 2 aliphatic rings. The third kappa shape index (κ3) is 4.74. The summed E-state index contributed by atoms with van der Waals surface area (Å²) in [6, 6.07) is 0.659. The maximum absolute atomic E-state index is 11.9. The van der Waals surface area contributed by atoms with Gasteiger partial charge in [-0.05, 0) is 32.1 Å². The van der Waals surface area contributed by atoms with Gasteiger partial charge in [-0.2, -0.15) is 0 Å². The molecule has 0 bridgehead atoms. The van der Waals surface area contributed by atoms with Crippen LogP contribution in [0.4, 0.5) is 0 Å². The maximum Gasteiger partial charge on any atom is 0.222 e. The smallest absolute Gasteiger partial charge is 0.222 e.